The van der Waals surface area contributed by atoms with Crippen molar-refractivity contribution < 1.29 is 4.74 Å². The van der Waals surface area contributed by atoms with Gasteiger partial charge in [-0.05, 0) is 30.2 Å². The quantitative estimate of drug-likeness (QED) is 0.634. The summed E-state index contributed by atoms with van der Waals surface area (Å²) < 4.78 is 9.02. The number of tetrazole rings is 1. The maximum atomic E-state index is 12.2. The Morgan fingerprint density at radius 2 is 2.42 bits per heavy atom. The molecule has 0 radical (unpaired) electrons. The van der Waals surface area contributed by atoms with Crippen LogP contribution in [0.25, 0.3) is 4.96 Å². The average molecular weight is 364 g/mol. The maximum Gasteiger partial charge on any atom is 0.258 e. The molecule has 8 nitrogen and oxygen atoms in total. The number of thioether (sulfide) groups is 1. The molecule has 1 atom stereocenters. The van der Waals surface area contributed by atoms with E-state index in [1.807, 2.05) is 12.3 Å². The van der Waals surface area contributed by atoms with E-state index >= 15 is 0 Å². The molecule has 1 aliphatic heterocycles. The normalized spacial score (nSPS) is 17.8. The Morgan fingerprint density at radius 1 is 1.50 bits per heavy atom. The first-order valence-electron chi connectivity index (χ1n) is 7.68. The van der Waals surface area contributed by atoms with Crippen LogP contribution in [0.1, 0.15) is 24.2 Å². The summed E-state index contributed by atoms with van der Waals surface area (Å²) >= 11 is 2.95. The Bertz CT molecular complexity index is 912. The summed E-state index contributed by atoms with van der Waals surface area (Å²) in [4.78, 5) is 17.5. The summed E-state index contributed by atoms with van der Waals surface area (Å²) in [5, 5.41) is 14.5. The van der Waals surface area contributed by atoms with Crippen LogP contribution < -0.4 is 5.56 Å². The minimum Gasteiger partial charge on any atom is -0.376 e. The smallest absolute Gasteiger partial charge is 0.258 e. The third-order valence-corrected chi connectivity index (χ3v) is 5.81. The van der Waals surface area contributed by atoms with E-state index in [4.69, 9.17) is 4.74 Å². The van der Waals surface area contributed by atoms with Gasteiger partial charge in [0.2, 0.25) is 5.16 Å². The predicted octanol–water partition coefficient (Wildman–Crippen LogP) is 1.52. The molecular weight excluding hydrogens is 348 g/mol. The van der Waals surface area contributed by atoms with Crippen LogP contribution in [-0.2, 0) is 17.0 Å². The van der Waals surface area contributed by atoms with Crippen molar-refractivity contribution in [1.29, 1.82) is 0 Å². The third-order valence-electron chi connectivity index (χ3n) is 3.88. The van der Waals surface area contributed by atoms with Crippen LogP contribution in [0, 0.1) is 6.92 Å². The van der Waals surface area contributed by atoms with Crippen molar-refractivity contribution >= 4 is 28.1 Å². The van der Waals surface area contributed by atoms with Gasteiger partial charge in [-0.15, -0.1) is 16.4 Å². The van der Waals surface area contributed by atoms with E-state index in [0.717, 1.165) is 41.0 Å². The number of hydrogen-bond donors (Lipinski definition) is 0. The number of nitrogens with zero attached hydrogens (tertiary/aromatic N) is 6. The Balaban J connectivity index is 1.49. The minimum absolute atomic E-state index is 0.0479. The number of fused-ring (bicyclic) bond motifs is 1. The fraction of sp³-hybridized carbons (Fsp3) is 0.500. The minimum atomic E-state index is -0.0479. The van der Waals surface area contributed by atoms with E-state index in [1.165, 1.54) is 23.1 Å². The number of hydrogen-bond acceptors (Lipinski definition) is 8. The number of aromatic nitrogens is 6. The van der Waals surface area contributed by atoms with Crippen molar-refractivity contribution in [3.05, 3.63) is 33.2 Å². The highest BCUT2D eigenvalue weighted by atomic mass is 32.2. The molecule has 1 saturated heterocycles. The second-order valence-electron chi connectivity index (χ2n) is 5.65. The molecule has 1 aliphatic rings. The lowest BCUT2D eigenvalue weighted by atomic mass is 10.2. The van der Waals surface area contributed by atoms with Crippen LogP contribution in [0.5, 0.6) is 0 Å². The van der Waals surface area contributed by atoms with Crippen LogP contribution in [-0.4, -0.2) is 42.3 Å². The number of rotatable bonds is 5. The molecule has 4 heterocycles. The molecular formula is C14H16N6O2S2. The molecule has 0 amide bonds. The predicted molar refractivity (Wildman–Crippen MR) is 90.4 cm³/mol. The molecule has 3 aromatic heterocycles. The van der Waals surface area contributed by atoms with Gasteiger partial charge in [-0.2, -0.15) is 0 Å². The van der Waals surface area contributed by atoms with Gasteiger partial charge in [-0.25, -0.2) is 9.67 Å². The molecule has 1 unspecified atom stereocenters. The maximum absolute atomic E-state index is 12.2. The molecule has 0 bridgehead atoms. The lowest BCUT2D eigenvalue weighted by Gasteiger charge is -2.09. The summed E-state index contributed by atoms with van der Waals surface area (Å²) in [6.45, 7) is 3.37. The molecule has 0 saturated carbocycles. The molecule has 0 aromatic carbocycles. The second kappa shape index (κ2) is 6.61. The molecule has 126 valence electrons. The van der Waals surface area contributed by atoms with Gasteiger partial charge in [0.15, 0.2) is 4.96 Å². The van der Waals surface area contributed by atoms with Crippen molar-refractivity contribution in [2.24, 2.45) is 0 Å². The fourth-order valence-corrected chi connectivity index (χ4v) is 4.38. The topological polar surface area (TPSA) is 87.2 Å². The molecule has 0 spiro atoms. The fourth-order valence-electron chi connectivity index (χ4n) is 2.71. The van der Waals surface area contributed by atoms with Gasteiger partial charge >= 0.3 is 0 Å². The molecule has 1 fully saturated rings. The van der Waals surface area contributed by atoms with E-state index in [-0.39, 0.29) is 11.7 Å². The van der Waals surface area contributed by atoms with Gasteiger partial charge in [-0.3, -0.25) is 9.20 Å². The highest BCUT2D eigenvalue weighted by Gasteiger charge is 2.19. The number of thiazole rings is 1. The van der Waals surface area contributed by atoms with Crippen LogP contribution in [0.15, 0.2) is 21.4 Å². The van der Waals surface area contributed by atoms with E-state index in [9.17, 15) is 4.79 Å². The Kier molecular flexibility index (Phi) is 4.33. The first-order chi connectivity index (χ1) is 11.7. The summed E-state index contributed by atoms with van der Waals surface area (Å²) in [7, 11) is 0. The zero-order chi connectivity index (χ0) is 16.5. The van der Waals surface area contributed by atoms with Crippen LogP contribution in [0.3, 0.4) is 0 Å². The van der Waals surface area contributed by atoms with Crippen molar-refractivity contribution in [2.75, 3.05) is 6.61 Å². The second-order valence-corrected chi connectivity index (χ2v) is 7.43. The molecule has 0 aliphatic carbocycles. The number of ether oxygens (including phenoxy) is 1. The van der Waals surface area contributed by atoms with Crippen LogP contribution >= 0.6 is 23.1 Å². The van der Waals surface area contributed by atoms with Gasteiger partial charge in [0, 0.05) is 29.5 Å². The van der Waals surface area contributed by atoms with Crippen LogP contribution in [0.4, 0.5) is 0 Å². The van der Waals surface area contributed by atoms with Gasteiger partial charge in [0.05, 0.1) is 18.3 Å². The monoisotopic (exact) mass is 364 g/mol. The van der Waals surface area contributed by atoms with E-state index in [1.54, 1.807) is 15.1 Å². The number of aryl methyl sites for hydroxylation is 1. The molecule has 3 aromatic rings. The van der Waals surface area contributed by atoms with E-state index in [2.05, 4.69) is 20.5 Å². The highest BCUT2D eigenvalue weighted by Crippen LogP contribution is 2.21. The van der Waals surface area contributed by atoms with E-state index in [0.29, 0.717) is 12.3 Å². The van der Waals surface area contributed by atoms with E-state index < -0.39 is 0 Å². The molecule has 4 rings (SSSR count). The van der Waals surface area contributed by atoms with Gasteiger partial charge in [0.25, 0.3) is 5.56 Å². The molecule has 10 heteroatoms. The molecule has 24 heavy (non-hydrogen) atoms. The van der Waals surface area contributed by atoms with Gasteiger partial charge in [0.1, 0.15) is 0 Å². The Labute approximate surface area is 145 Å². The third kappa shape index (κ3) is 3.08. The first kappa shape index (κ1) is 15.7. The summed E-state index contributed by atoms with van der Waals surface area (Å²) in [6, 6.07) is 1.58. The SMILES string of the molecule is Cc1csc2nc(CSc3nnnn3CC3CCCO3)cc(=O)n12. The van der Waals surface area contributed by atoms with Crippen LogP contribution in [0.2, 0.25) is 0 Å². The summed E-state index contributed by atoms with van der Waals surface area (Å²) in [5.74, 6) is 0.550. The van der Waals surface area contributed by atoms with Crippen molar-refractivity contribution in [3.63, 3.8) is 0 Å². The first-order valence-corrected chi connectivity index (χ1v) is 9.54. The Hall–Kier alpha value is -1.78. The lowest BCUT2D eigenvalue weighted by molar-refractivity contribution is 0.0912. The summed E-state index contributed by atoms with van der Waals surface area (Å²) in [5.41, 5.74) is 1.60. The van der Waals surface area contributed by atoms with Gasteiger partial charge in [-0.1, -0.05) is 11.8 Å². The zero-order valence-corrected chi connectivity index (χ0v) is 14.7. The standard InChI is InChI=1S/C14H16N6O2S2/c1-9-7-23-13-15-10(5-12(21)20(9)13)8-24-14-16-17-18-19(14)6-11-3-2-4-22-11/h5,7,11H,2-4,6,8H2,1H3. The largest absolute Gasteiger partial charge is 0.376 e. The zero-order valence-electron chi connectivity index (χ0n) is 13.1. The van der Waals surface area contributed by atoms with Crippen molar-refractivity contribution in [3.8, 4) is 0 Å². The van der Waals surface area contributed by atoms with Crippen molar-refractivity contribution in [1.82, 2.24) is 29.6 Å². The van der Waals surface area contributed by atoms with Gasteiger partial charge < -0.3 is 4.74 Å². The summed E-state index contributed by atoms with van der Waals surface area (Å²) in [6.07, 6.45) is 2.31. The lowest BCUT2D eigenvalue weighted by Crippen LogP contribution is -2.17. The Morgan fingerprint density at radius 3 is 3.25 bits per heavy atom. The van der Waals surface area contributed by atoms with Crippen molar-refractivity contribution in [2.45, 2.75) is 43.3 Å². The average Bonchev–Trinajstić information content (AvgIpc) is 3.28. The highest BCUT2D eigenvalue weighted by molar-refractivity contribution is 7.98. The molecule has 0 N–H and O–H groups in total.